The molecule has 2 aromatic carbocycles. The van der Waals surface area contributed by atoms with Crippen LogP contribution in [0.3, 0.4) is 0 Å². The highest BCUT2D eigenvalue weighted by atomic mass is 19.1. The Morgan fingerprint density at radius 2 is 1.91 bits per heavy atom. The van der Waals surface area contributed by atoms with Crippen LogP contribution in [0.25, 0.3) is 55.6 Å². The third-order valence-corrected chi connectivity index (χ3v) is 8.46. The highest BCUT2D eigenvalue weighted by Gasteiger charge is 2.32. The predicted molar refractivity (Wildman–Crippen MR) is 168 cm³/mol. The summed E-state index contributed by atoms with van der Waals surface area (Å²) in [6, 6.07) is 8.62. The molecule has 0 unspecified atom stereocenters. The van der Waals surface area contributed by atoms with Crippen LogP contribution in [0.1, 0.15) is 18.7 Å². The third kappa shape index (κ3) is 5.03. The predicted octanol–water partition coefficient (Wildman–Crippen LogP) is 6.44. The van der Waals surface area contributed by atoms with Gasteiger partial charge < -0.3 is 18.8 Å². The maximum Gasteiger partial charge on any atom is 0.246 e. The molecule has 7 rings (SSSR count). The molecule has 47 heavy (non-hydrogen) atoms. The number of carbonyl (C=O) groups is 1. The van der Waals surface area contributed by atoms with Crippen molar-refractivity contribution < 1.29 is 31.9 Å². The summed E-state index contributed by atoms with van der Waals surface area (Å²) in [5.41, 5.74) is 2.63. The van der Waals surface area contributed by atoms with E-state index >= 15 is 8.78 Å². The van der Waals surface area contributed by atoms with Crippen molar-refractivity contribution in [3.05, 3.63) is 84.7 Å². The number of hydrogen-bond acceptors (Lipinski definition) is 7. The third-order valence-electron chi connectivity index (χ3n) is 8.46. The lowest BCUT2D eigenvalue weighted by Gasteiger charge is -2.33. The lowest BCUT2D eigenvalue weighted by Crippen LogP contribution is -2.40. The summed E-state index contributed by atoms with van der Waals surface area (Å²) in [5.74, 6) is -3.06. The maximum absolute atomic E-state index is 16.0. The molecular weight excluding hydrogens is 613 g/mol. The van der Waals surface area contributed by atoms with Gasteiger partial charge in [-0.1, -0.05) is 12.6 Å². The van der Waals surface area contributed by atoms with E-state index in [1.165, 1.54) is 13.2 Å². The number of amides is 1. The zero-order chi connectivity index (χ0) is 33.0. The zero-order valence-electron chi connectivity index (χ0n) is 25.8. The number of pyridine rings is 1. The first-order valence-corrected chi connectivity index (χ1v) is 14.8. The minimum absolute atomic E-state index is 0.0236. The summed E-state index contributed by atoms with van der Waals surface area (Å²) < 4.78 is 66.7. The number of aromatic nitrogens is 5. The van der Waals surface area contributed by atoms with Crippen LogP contribution in [0.4, 0.5) is 13.2 Å². The molecular formula is C34H29F3N6O4. The van der Waals surface area contributed by atoms with Crippen LogP contribution in [-0.4, -0.2) is 62.2 Å². The first kappa shape index (κ1) is 30.2. The van der Waals surface area contributed by atoms with E-state index in [0.29, 0.717) is 30.4 Å². The fourth-order valence-electron chi connectivity index (χ4n) is 6.19. The van der Waals surface area contributed by atoms with E-state index in [2.05, 4.69) is 11.7 Å². The minimum atomic E-state index is -0.994. The van der Waals surface area contributed by atoms with Crippen LogP contribution in [0, 0.1) is 17.5 Å². The summed E-state index contributed by atoms with van der Waals surface area (Å²) in [5, 5.41) is 9.85. The van der Waals surface area contributed by atoms with Gasteiger partial charge in [0.2, 0.25) is 5.91 Å². The number of carbonyl (C=O) groups excluding carboxylic acids is 1. The van der Waals surface area contributed by atoms with Crippen LogP contribution in [0.15, 0.2) is 65.9 Å². The average Bonchev–Trinajstić information content (AvgIpc) is 3.77. The number of rotatable bonds is 8. The molecule has 0 aliphatic carbocycles. The van der Waals surface area contributed by atoms with Gasteiger partial charge in [-0.15, -0.1) is 0 Å². The number of benzene rings is 2. The number of hydrogen-bond donors (Lipinski definition) is 0. The standard InChI is InChI=1S/C34H29F3N6O4/c1-5-28(44)42-8-9-43-26(18(42)2)15-24(40-43)33-31(29-22(36)13-21(35)14-27(29)46-11-10-45-4)30-23(37)17-47-34(30)32(39-33)19-6-7-25-20(12-19)16-38-41(25)3/h5-7,12-18H,1,8-11H2,2-4H3/t18-/m1/s1. The number of furan rings is 1. The van der Waals surface area contributed by atoms with E-state index in [0.717, 1.165) is 23.2 Å². The molecule has 0 bridgehead atoms. The molecule has 13 heteroatoms. The number of fused-ring (bicyclic) bond motifs is 3. The Kier molecular flexibility index (Phi) is 7.55. The Balaban J connectivity index is 1.53. The Bertz CT molecular complexity index is 2200. The Morgan fingerprint density at radius 1 is 1.09 bits per heavy atom. The highest BCUT2D eigenvalue weighted by Crippen LogP contribution is 2.47. The van der Waals surface area contributed by atoms with E-state index in [4.69, 9.17) is 24.0 Å². The average molecular weight is 643 g/mol. The van der Waals surface area contributed by atoms with Gasteiger partial charge in [0.1, 0.15) is 47.3 Å². The number of aryl methyl sites for hydroxylation is 1. The van der Waals surface area contributed by atoms with Crippen LogP contribution in [0.2, 0.25) is 0 Å². The molecule has 0 saturated carbocycles. The number of methoxy groups -OCH3 is 1. The smallest absolute Gasteiger partial charge is 0.246 e. The van der Waals surface area contributed by atoms with Gasteiger partial charge in [0.25, 0.3) is 0 Å². The van der Waals surface area contributed by atoms with Gasteiger partial charge in [-0.25, -0.2) is 18.2 Å². The largest absolute Gasteiger partial charge is 0.490 e. The quantitative estimate of drug-likeness (QED) is 0.139. The van der Waals surface area contributed by atoms with Gasteiger partial charge >= 0.3 is 0 Å². The van der Waals surface area contributed by atoms with Crippen LogP contribution in [0.5, 0.6) is 5.75 Å². The van der Waals surface area contributed by atoms with E-state index in [9.17, 15) is 9.18 Å². The van der Waals surface area contributed by atoms with Crippen LogP contribution < -0.4 is 4.74 Å². The molecule has 4 aromatic heterocycles. The SMILES string of the molecule is C=CC(=O)N1CCn2nc(-c3nc(-c4ccc5c(cnn5C)c4)c4occ(F)c4c3-c3c(F)cc(F)cc3OCCOC)cc2[C@H]1C. The monoisotopic (exact) mass is 642 g/mol. The summed E-state index contributed by atoms with van der Waals surface area (Å²) in [6.45, 7) is 6.34. The number of nitrogens with zero attached hydrogens (tertiary/aromatic N) is 6. The number of halogens is 3. The van der Waals surface area contributed by atoms with Crippen molar-refractivity contribution in [3.63, 3.8) is 0 Å². The minimum Gasteiger partial charge on any atom is -0.490 e. The van der Waals surface area contributed by atoms with Gasteiger partial charge in [-0.2, -0.15) is 10.2 Å². The Hall–Kier alpha value is -5.43. The summed E-state index contributed by atoms with van der Waals surface area (Å²) in [6.07, 6.45) is 3.89. The van der Waals surface area contributed by atoms with Crippen molar-refractivity contribution in [2.24, 2.45) is 7.05 Å². The molecule has 1 amide bonds. The summed E-state index contributed by atoms with van der Waals surface area (Å²) >= 11 is 0. The van der Waals surface area contributed by atoms with Crippen LogP contribution >= 0.6 is 0 Å². The second kappa shape index (κ2) is 11.7. The summed E-state index contributed by atoms with van der Waals surface area (Å²) in [7, 11) is 3.29. The molecule has 1 aliphatic rings. The first-order chi connectivity index (χ1) is 22.7. The molecule has 6 aromatic rings. The fourth-order valence-corrected chi connectivity index (χ4v) is 6.19. The van der Waals surface area contributed by atoms with Crippen molar-refractivity contribution in [1.29, 1.82) is 0 Å². The van der Waals surface area contributed by atoms with E-state index in [1.54, 1.807) is 26.5 Å². The lowest BCUT2D eigenvalue weighted by atomic mass is 9.94. The zero-order valence-corrected chi connectivity index (χ0v) is 25.8. The maximum atomic E-state index is 16.0. The summed E-state index contributed by atoms with van der Waals surface area (Å²) in [4.78, 5) is 19.2. The Morgan fingerprint density at radius 3 is 2.70 bits per heavy atom. The normalized spacial score (nSPS) is 14.6. The topological polar surface area (TPSA) is 100 Å². The molecule has 0 spiro atoms. The van der Waals surface area contributed by atoms with Crippen LogP contribution in [-0.2, 0) is 23.1 Å². The first-order valence-electron chi connectivity index (χ1n) is 14.8. The van der Waals surface area contributed by atoms with E-state index in [-0.39, 0.29) is 70.1 Å². The lowest BCUT2D eigenvalue weighted by molar-refractivity contribution is -0.129. The van der Waals surface area contributed by atoms with Gasteiger partial charge in [0.15, 0.2) is 11.4 Å². The molecule has 240 valence electrons. The molecule has 1 aliphatic heterocycles. The van der Waals surface area contributed by atoms with Gasteiger partial charge in [0, 0.05) is 49.3 Å². The molecule has 0 radical (unpaired) electrons. The van der Waals surface area contributed by atoms with Crippen molar-refractivity contribution in [1.82, 2.24) is 29.4 Å². The molecule has 0 fully saturated rings. The van der Waals surface area contributed by atoms with Gasteiger partial charge in [-0.05, 0) is 31.2 Å². The van der Waals surface area contributed by atoms with Crippen molar-refractivity contribution in [3.8, 4) is 39.5 Å². The molecule has 5 heterocycles. The van der Waals surface area contributed by atoms with E-state index in [1.807, 2.05) is 32.2 Å². The highest BCUT2D eigenvalue weighted by molar-refractivity contribution is 6.07. The van der Waals surface area contributed by atoms with E-state index < -0.39 is 17.5 Å². The fraction of sp³-hybridized carbons (Fsp3) is 0.235. The molecule has 10 nitrogen and oxygen atoms in total. The molecule has 0 saturated heterocycles. The van der Waals surface area contributed by atoms with Crippen molar-refractivity contribution in [2.45, 2.75) is 19.5 Å². The van der Waals surface area contributed by atoms with Gasteiger partial charge in [-0.3, -0.25) is 14.2 Å². The molecule has 1 atom stereocenters. The van der Waals surface area contributed by atoms with Gasteiger partial charge in [0.05, 0.1) is 47.6 Å². The second-order valence-corrected chi connectivity index (χ2v) is 11.2. The van der Waals surface area contributed by atoms with Crippen molar-refractivity contribution in [2.75, 3.05) is 26.9 Å². The van der Waals surface area contributed by atoms with Crippen molar-refractivity contribution >= 4 is 27.8 Å². The number of ether oxygens (including phenoxy) is 2. The molecule has 0 N–H and O–H groups in total. The Labute approximate surface area is 266 Å². The second-order valence-electron chi connectivity index (χ2n) is 11.2.